The third-order valence-electron chi connectivity index (χ3n) is 4.05. The summed E-state index contributed by atoms with van der Waals surface area (Å²) < 4.78 is 0. The Morgan fingerprint density at radius 3 is 3.00 bits per heavy atom. The van der Waals surface area contributed by atoms with E-state index >= 15 is 0 Å². The summed E-state index contributed by atoms with van der Waals surface area (Å²) in [4.78, 5) is 30.3. The summed E-state index contributed by atoms with van der Waals surface area (Å²) in [7, 11) is 1.58. The largest absolute Gasteiger partial charge is 0.355 e. The van der Waals surface area contributed by atoms with Crippen LogP contribution in [0.4, 0.5) is 5.13 Å². The van der Waals surface area contributed by atoms with E-state index in [1.54, 1.807) is 31.4 Å². The molecule has 25 heavy (non-hydrogen) atoms. The van der Waals surface area contributed by atoms with Crippen LogP contribution in [0.25, 0.3) is 10.4 Å². The Hall–Kier alpha value is -2.76. The molecule has 1 fully saturated rings. The van der Waals surface area contributed by atoms with Gasteiger partial charge in [-0.3, -0.25) is 9.59 Å². The van der Waals surface area contributed by atoms with E-state index in [0.29, 0.717) is 17.2 Å². The first-order chi connectivity index (χ1) is 12.1. The molecule has 0 radical (unpaired) electrons. The number of carbonyl (C=O) groups excluding carboxylic acids is 2. The Labute approximate surface area is 149 Å². The van der Waals surface area contributed by atoms with Crippen LogP contribution in [0.1, 0.15) is 16.8 Å². The molecule has 2 aromatic rings. The number of nitriles is 1. The van der Waals surface area contributed by atoms with Crippen LogP contribution in [0.3, 0.4) is 0 Å². The van der Waals surface area contributed by atoms with Crippen molar-refractivity contribution in [2.75, 3.05) is 25.0 Å². The van der Waals surface area contributed by atoms with E-state index < -0.39 is 0 Å². The molecule has 1 atom stereocenters. The van der Waals surface area contributed by atoms with Crippen LogP contribution in [0.5, 0.6) is 0 Å². The summed E-state index contributed by atoms with van der Waals surface area (Å²) in [6, 6.07) is 7.14. The monoisotopic (exact) mass is 355 g/mol. The Kier molecular flexibility index (Phi) is 5.07. The molecule has 128 valence electrons. The van der Waals surface area contributed by atoms with E-state index in [-0.39, 0.29) is 17.7 Å². The maximum atomic E-state index is 12.5. The first-order valence-electron chi connectivity index (χ1n) is 7.87. The van der Waals surface area contributed by atoms with Gasteiger partial charge in [0, 0.05) is 25.4 Å². The Morgan fingerprint density at radius 1 is 1.48 bits per heavy atom. The SMILES string of the molecule is CNC(=O)c1cccc(-c2cnc(N(C#N)C(=O)[C@H]3CCNC3)s2)c1. The molecule has 2 amide bonds. The summed E-state index contributed by atoms with van der Waals surface area (Å²) in [5, 5.41) is 15.4. The van der Waals surface area contributed by atoms with Gasteiger partial charge in [-0.2, -0.15) is 10.2 Å². The second-order valence-corrected chi connectivity index (χ2v) is 6.64. The molecule has 0 aliphatic carbocycles. The Bertz CT molecular complexity index is 836. The number of hydrogen-bond acceptors (Lipinski definition) is 6. The fourth-order valence-electron chi connectivity index (χ4n) is 2.69. The number of benzene rings is 1. The van der Waals surface area contributed by atoms with Crippen molar-refractivity contribution in [2.24, 2.45) is 5.92 Å². The second kappa shape index (κ2) is 7.42. The molecule has 1 aromatic heterocycles. The standard InChI is InChI=1S/C17H17N5O2S/c1-19-15(23)12-4-2-3-11(7-12)14-9-21-17(25-14)22(10-18)16(24)13-5-6-20-8-13/h2-4,7,9,13,20H,5-6,8H2,1H3,(H,19,23)/t13-/m0/s1. The highest BCUT2D eigenvalue weighted by Gasteiger charge is 2.29. The smallest absolute Gasteiger partial charge is 0.251 e. The molecule has 1 aliphatic rings. The van der Waals surface area contributed by atoms with Crippen LogP contribution in [0.15, 0.2) is 30.5 Å². The van der Waals surface area contributed by atoms with Gasteiger partial charge in [0.05, 0.1) is 10.8 Å². The molecule has 0 bridgehead atoms. The van der Waals surface area contributed by atoms with Gasteiger partial charge in [-0.25, -0.2) is 4.98 Å². The van der Waals surface area contributed by atoms with Crippen LogP contribution in [0, 0.1) is 17.4 Å². The fourth-order valence-corrected chi connectivity index (χ4v) is 3.57. The van der Waals surface area contributed by atoms with Crippen molar-refractivity contribution < 1.29 is 9.59 Å². The van der Waals surface area contributed by atoms with Crippen LogP contribution >= 0.6 is 11.3 Å². The van der Waals surface area contributed by atoms with Gasteiger partial charge in [-0.15, -0.1) is 0 Å². The maximum Gasteiger partial charge on any atom is 0.251 e. The van der Waals surface area contributed by atoms with E-state index in [0.717, 1.165) is 28.3 Å². The lowest BCUT2D eigenvalue weighted by Gasteiger charge is -2.14. The molecule has 2 heterocycles. The van der Waals surface area contributed by atoms with Gasteiger partial charge in [-0.1, -0.05) is 23.5 Å². The highest BCUT2D eigenvalue weighted by atomic mass is 32.1. The van der Waals surface area contributed by atoms with Crippen molar-refractivity contribution in [1.82, 2.24) is 15.6 Å². The number of thiazole rings is 1. The van der Waals surface area contributed by atoms with Crippen molar-refractivity contribution in [2.45, 2.75) is 6.42 Å². The van der Waals surface area contributed by atoms with Crippen molar-refractivity contribution in [3.63, 3.8) is 0 Å². The molecular weight excluding hydrogens is 338 g/mol. The number of carbonyl (C=O) groups is 2. The first-order valence-corrected chi connectivity index (χ1v) is 8.68. The molecule has 1 aromatic carbocycles. The van der Waals surface area contributed by atoms with Gasteiger partial charge in [0.15, 0.2) is 6.19 Å². The zero-order chi connectivity index (χ0) is 17.8. The van der Waals surface area contributed by atoms with Crippen molar-refractivity contribution in [1.29, 1.82) is 5.26 Å². The lowest BCUT2D eigenvalue weighted by Crippen LogP contribution is -2.33. The van der Waals surface area contributed by atoms with Gasteiger partial charge in [0.2, 0.25) is 11.0 Å². The Morgan fingerprint density at radius 2 is 2.32 bits per heavy atom. The van der Waals surface area contributed by atoms with Gasteiger partial charge < -0.3 is 10.6 Å². The average molecular weight is 355 g/mol. The molecule has 1 saturated heterocycles. The lowest BCUT2D eigenvalue weighted by atomic mass is 10.1. The minimum absolute atomic E-state index is 0.172. The summed E-state index contributed by atoms with van der Waals surface area (Å²) in [5.41, 5.74) is 1.36. The van der Waals surface area contributed by atoms with Crippen LogP contribution in [0.2, 0.25) is 0 Å². The second-order valence-electron chi connectivity index (χ2n) is 5.63. The average Bonchev–Trinajstić information content (AvgIpc) is 3.34. The van der Waals surface area contributed by atoms with E-state index in [1.807, 2.05) is 12.3 Å². The zero-order valence-corrected chi connectivity index (χ0v) is 14.5. The molecule has 2 N–H and O–H groups in total. The van der Waals surface area contributed by atoms with Crippen LogP contribution in [-0.2, 0) is 4.79 Å². The zero-order valence-electron chi connectivity index (χ0n) is 13.7. The number of aromatic nitrogens is 1. The molecule has 0 unspecified atom stereocenters. The summed E-state index contributed by atoms with van der Waals surface area (Å²) in [6.07, 6.45) is 4.28. The molecule has 0 spiro atoms. The summed E-state index contributed by atoms with van der Waals surface area (Å²) in [5.74, 6) is -0.592. The van der Waals surface area contributed by atoms with Crippen molar-refractivity contribution in [3.8, 4) is 16.6 Å². The number of nitrogens with one attached hydrogen (secondary N) is 2. The number of rotatable bonds is 4. The third kappa shape index (κ3) is 3.52. The van der Waals surface area contributed by atoms with Gasteiger partial charge in [-0.05, 0) is 30.7 Å². The van der Waals surface area contributed by atoms with Crippen molar-refractivity contribution in [3.05, 3.63) is 36.0 Å². The van der Waals surface area contributed by atoms with Gasteiger partial charge >= 0.3 is 0 Å². The quantitative estimate of drug-likeness (QED) is 0.641. The van der Waals surface area contributed by atoms with Crippen molar-refractivity contribution >= 4 is 28.3 Å². The predicted molar refractivity (Wildman–Crippen MR) is 95.0 cm³/mol. The lowest BCUT2D eigenvalue weighted by molar-refractivity contribution is -0.121. The van der Waals surface area contributed by atoms with E-state index in [9.17, 15) is 14.9 Å². The number of hydrogen-bond donors (Lipinski definition) is 2. The predicted octanol–water partition coefficient (Wildman–Crippen LogP) is 1.59. The van der Waals surface area contributed by atoms with Gasteiger partial charge in [0.25, 0.3) is 5.91 Å². The molecule has 3 rings (SSSR count). The number of nitrogens with zero attached hydrogens (tertiary/aromatic N) is 3. The molecule has 8 heteroatoms. The summed E-state index contributed by atoms with van der Waals surface area (Å²) in [6.45, 7) is 1.37. The van der Waals surface area contributed by atoms with E-state index in [4.69, 9.17) is 0 Å². The minimum Gasteiger partial charge on any atom is -0.355 e. The normalized spacial score (nSPS) is 16.2. The maximum absolute atomic E-state index is 12.5. The molecule has 7 nitrogen and oxygen atoms in total. The topological polar surface area (TPSA) is 98.1 Å². The summed E-state index contributed by atoms with van der Waals surface area (Å²) >= 11 is 1.25. The third-order valence-corrected chi connectivity index (χ3v) is 5.08. The molecular formula is C17H17N5O2S. The highest BCUT2D eigenvalue weighted by molar-refractivity contribution is 7.19. The van der Waals surface area contributed by atoms with Gasteiger partial charge in [0.1, 0.15) is 0 Å². The fraction of sp³-hybridized carbons (Fsp3) is 0.294. The minimum atomic E-state index is -0.229. The van der Waals surface area contributed by atoms with E-state index in [1.165, 1.54) is 11.3 Å². The van der Waals surface area contributed by atoms with E-state index in [2.05, 4.69) is 15.6 Å². The molecule has 0 saturated carbocycles. The Balaban J connectivity index is 1.85. The van der Waals surface area contributed by atoms with Crippen LogP contribution in [-0.4, -0.2) is 36.9 Å². The highest BCUT2D eigenvalue weighted by Crippen LogP contribution is 2.32. The number of amides is 2. The first kappa shape index (κ1) is 17.1. The molecule has 1 aliphatic heterocycles. The number of anilines is 1. The van der Waals surface area contributed by atoms with Crippen LogP contribution < -0.4 is 15.5 Å².